The smallest absolute Gasteiger partial charge is 0.141 e. The van der Waals surface area contributed by atoms with E-state index in [1.54, 1.807) is 12.3 Å². The van der Waals surface area contributed by atoms with Crippen molar-refractivity contribution in [1.82, 2.24) is 9.97 Å². The van der Waals surface area contributed by atoms with E-state index in [0.29, 0.717) is 22.5 Å². The summed E-state index contributed by atoms with van der Waals surface area (Å²) in [5, 5.41) is 13.5. The normalized spacial score (nSPS) is 10.6. The molecule has 1 N–H and O–H groups in total. The number of nitrogens with one attached hydrogen (secondary N) is 1. The van der Waals surface area contributed by atoms with Gasteiger partial charge >= 0.3 is 0 Å². The molecule has 0 amide bonds. The van der Waals surface area contributed by atoms with Gasteiger partial charge < -0.3 is 10.2 Å². The highest BCUT2D eigenvalue weighted by Crippen LogP contribution is 2.37. The van der Waals surface area contributed by atoms with Gasteiger partial charge in [0.1, 0.15) is 17.7 Å². The number of nitriles is 1. The Morgan fingerprint density at radius 1 is 1.17 bits per heavy atom. The molecule has 0 fully saturated rings. The first kappa shape index (κ1) is 20.1. The number of rotatable bonds is 4. The van der Waals surface area contributed by atoms with Gasteiger partial charge in [-0.05, 0) is 58.4 Å². The standard InChI is InChI=1S/C22H14BrClFN5/c1-30(20-4-2-3-7-27-20)15-9-16-21(29-14-5-6-19(25)18(24)8-14)13(11-26)12-28-22(16)17(23)10-15/h2-10,12H,1H3,(H,28,29). The number of anilines is 4. The average Bonchev–Trinajstić information content (AvgIpc) is 2.76. The number of hydrogen-bond donors (Lipinski definition) is 1. The lowest BCUT2D eigenvalue weighted by atomic mass is 10.1. The van der Waals surface area contributed by atoms with E-state index in [0.717, 1.165) is 21.4 Å². The van der Waals surface area contributed by atoms with Crippen LogP contribution in [0.25, 0.3) is 10.9 Å². The quantitative estimate of drug-likeness (QED) is 0.356. The molecule has 0 radical (unpaired) electrons. The third kappa shape index (κ3) is 3.80. The van der Waals surface area contributed by atoms with E-state index < -0.39 is 5.82 Å². The van der Waals surface area contributed by atoms with Gasteiger partial charge in [0.25, 0.3) is 0 Å². The SMILES string of the molecule is CN(c1cc(Br)c2ncc(C#N)c(Nc3ccc(F)c(Cl)c3)c2c1)c1ccccn1. The highest BCUT2D eigenvalue weighted by Gasteiger charge is 2.16. The van der Waals surface area contributed by atoms with Gasteiger partial charge in [0.15, 0.2) is 0 Å². The Morgan fingerprint density at radius 3 is 2.70 bits per heavy atom. The Labute approximate surface area is 185 Å². The van der Waals surface area contributed by atoms with Crippen LogP contribution in [0.3, 0.4) is 0 Å². The van der Waals surface area contributed by atoms with Crippen molar-refractivity contribution in [3.63, 3.8) is 0 Å². The summed E-state index contributed by atoms with van der Waals surface area (Å²) in [7, 11) is 1.91. The first-order chi connectivity index (χ1) is 14.5. The summed E-state index contributed by atoms with van der Waals surface area (Å²) in [6.45, 7) is 0. The van der Waals surface area contributed by atoms with Crippen LogP contribution >= 0.6 is 27.5 Å². The van der Waals surface area contributed by atoms with Crippen molar-refractivity contribution in [2.45, 2.75) is 0 Å². The number of benzene rings is 2. The van der Waals surface area contributed by atoms with Crippen LogP contribution in [0.5, 0.6) is 0 Å². The molecule has 4 aromatic rings. The van der Waals surface area contributed by atoms with Gasteiger partial charge in [-0.2, -0.15) is 5.26 Å². The Hall–Kier alpha value is -3.21. The maximum absolute atomic E-state index is 13.6. The van der Waals surface area contributed by atoms with Crippen molar-refractivity contribution in [1.29, 1.82) is 5.26 Å². The molecule has 2 aromatic heterocycles. The lowest BCUT2D eigenvalue weighted by molar-refractivity contribution is 0.628. The van der Waals surface area contributed by atoms with E-state index in [2.05, 4.69) is 37.3 Å². The monoisotopic (exact) mass is 481 g/mol. The molecule has 0 spiro atoms. The second-order valence-electron chi connectivity index (χ2n) is 6.48. The molecule has 148 valence electrons. The predicted octanol–water partition coefficient (Wildman–Crippen LogP) is 6.57. The number of halogens is 3. The average molecular weight is 483 g/mol. The van der Waals surface area contributed by atoms with E-state index >= 15 is 0 Å². The molecule has 0 aliphatic carbocycles. The van der Waals surface area contributed by atoms with Crippen LogP contribution < -0.4 is 10.2 Å². The molecule has 0 aliphatic rings. The molecule has 0 atom stereocenters. The molecule has 0 saturated carbocycles. The van der Waals surface area contributed by atoms with E-state index in [9.17, 15) is 9.65 Å². The summed E-state index contributed by atoms with van der Waals surface area (Å²) in [6, 6.07) is 16.0. The van der Waals surface area contributed by atoms with Crippen molar-refractivity contribution < 1.29 is 4.39 Å². The highest BCUT2D eigenvalue weighted by molar-refractivity contribution is 9.10. The Morgan fingerprint density at radius 2 is 2.00 bits per heavy atom. The molecule has 0 unspecified atom stereocenters. The lowest BCUT2D eigenvalue weighted by Crippen LogP contribution is -2.11. The largest absolute Gasteiger partial charge is 0.354 e. The number of pyridine rings is 2. The molecule has 5 nitrogen and oxygen atoms in total. The van der Waals surface area contributed by atoms with Crippen LogP contribution in [0.1, 0.15) is 5.56 Å². The number of hydrogen-bond acceptors (Lipinski definition) is 5. The van der Waals surface area contributed by atoms with Crippen LogP contribution in [-0.2, 0) is 0 Å². The zero-order chi connectivity index (χ0) is 21.3. The summed E-state index contributed by atoms with van der Waals surface area (Å²) in [6.07, 6.45) is 3.23. The van der Waals surface area contributed by atoms with Crippen LogP contribution in [0.4, 0.5) is 27.3 Å². The fraction of sp³-hybridized carbons (Fsp3) is 0.0455. The number of aromatic nitrogens is 2. The van der Waals surface area contributed by atoms with E-state index in [1.165, 1.54) is 18.3 Å². The van der Waals surface area contributed by atoms with Gasteiger partial charge in [-0.1, -0.05) is 17.7 Å². The zero-order valence-electron chi connectivity index (χ0n) is 15.7. The Bertz CT molecular complexity index is 1290. The van der Waals surface area contributed by atoms with Crippen molar-refractivity contribution in [3.05, 3.63) is 81.8 Å². The summed E-state index contributed by atoms with van der Waals surface area (Å²) in [4.78, 5) is 10.7. The molecule has 4 rings (SSSR count). The third-order valence-corrected chi connectivity index (χ3v) is 5.49. The zero-order valence-corrected chi connectivity index (χ0v) is 18.0. The van der Waals surface area contributed by atoms with E-state index in [1.807, 2.05) is 42.3 Å². The lowest BCUT2D eigenvalue weighted by Gasteiger charge is -2.20. The van der Waals surface area contributed by atoms with Gasteiger partial charge in [0, 0.05) is 40.7 Å². The number of nitrogens with zero attached hydrogens (tertiary/aromatic N) is 4. The molecule has 0 aliphatic heterocycles. The summed E-state index contributed by atoms with van der Waals surface area (Å²) in [5.74, 6) is 0.261. The van der Waals surface area contributed by atoms with E-state index in [-0.39, 0.29) is 5.02 Å². The van der Waals surface area contributed by atoms with Gasteiger partial charge in [0.2, 0.25) is 0 Å². The summed E-state index contributed by atoms with van der Waals surface area (Å²) >= 11 is 9.50. The Kier molecular flexibility index (Phi) is 5.53. The van der Waals surface area contributed by atoms with Crippen LogP contribution in [0.2, 0.25) is 5.02 Å². The van der Waals surface area contributed by atoms with Gasteiger partial charge in [-0.15, -0.1) is 0 Å². The van der Waals surface area contributed by atoms with Crippen LogP contribution in [-0.4, -0.2) is 17.0 Å². The van der Waals surface area contributed by atoms with Gasteiger partial charge in [-0.3, -0.25) is 4.98 Å². The number of fused-ring (bicyclic) bond motifs is 1. The molecular weight excluding hydrogens is 469 g/mol. The first-order valence-corrected chi connectivity index (χ1v) is 10.0. The minimum atomic E-state index is -0.510. The van der Waals surface area contributed by atoms with Gasteiger partial charge in [0.05, 0.1) is 21.8 Å². The second-order valence-corrected chi connectivity index (χ2v) is 7.74. The highest BCUT2D eigenvalue weighted by atomic mass is 79.9. The second kappa shape index (κ2) is 8.27. The van der Waals surface area contributed by atoms with Crippen molar-refractivity contribution in [2.24, 2.45) is 0 Å². The predicted molar refractivity (Wildman–Crippen MR) is 121 cm³/mol. The fourth-order valence-electron chi connectivity index (χ4n) is 3.06. The molecular formula is C22H14BrClFN5. The minimum Gasteiger partial charge on any atom is -0.354 e. The fourth-order valence-corrected chi connectivity index (χ4v) is 3.79. The first-order valence-electron chi connectivity index (χ1n) is 8.87. The third-order valence-electron chi connectivity index (χ3n) is 4.60. The minimum absolute atomic E-state index is 0.00590. The summed E-state index contributed by atoms with van der Waals surface area (Å²) < 4.78 is 14.3. The maximum atomic E-state index is 13.6. The molecule has 2 heterocycles. The van der Waals surface area contributed by atoms with Crippen LogP contribution in [0.15, 0.2) is 65.4 Å². The molecule has 8 heteroatoms. The van der Waals surface area contributed by atoms with Gasteiger partial charge in [-0.25, -0.2) is 9.37 Å². The van der Waals surface area contributed by atoms with E-state index in [4.69, 9.17) is 11.6 Å². The maximum Gasteiger partial charge on any atom is 0.141 e. The Balaban J connectivity index is 1.88. The van der Waals surface area contributed by atoms with Crippen molar-refractivity contribution in [3.8, 4) is 6.07 Å². The molecule has 2 aromatic carbocycles. The molecule has 0 saturated heterocycles. The van der Waals surface area contributed by atoms with Crippen molar-refractivity contribution >= 4 is 61.3 Å². The van der Waals surface area contributed by atoms with Crippen molar-refractivity contribution in [2.75, 3.05) is 17.3 Å². The molecule has 0 bridgehead atoms. The van der Waals surface area contributed by atoms with Crippen LogP contribution in [0, 0.1) is 17.1 Å². The topological polar surface area (TPSA) is 64.8 Å². The molecule has 30 heavy (non-hydrogen) atoms. The summed E-state index contributed by atoms with van der Waals surface area (Å²) in [5.41, 5.74) is 3.01.